The largest absolute Gasteiger partial charge is 0.313 e. The molecule has 1 heterocycles. The van der Waals surface area contributed by atoms with E-state index in [-0.39, 0.29) is 21.9 Å². The Morgan fingerprint density at radius 2 is 1.87 bits per heavy atom. The van der Waals surface area contributed by atoms with Crippen LogP contribution in [0.2, 0.25) is 0 Å². The lowest BCUT2D eigenvalue weighted by molar-refractivity contribution is -0.107. The Labute approximate surface area is 89.4 Å². The van der Waals surface area contributed by atoms with E-state index < -0.39 is 0 Å². The van der Waals surface area contributed by atoms with Crippen LogP contribution < -0.4 is 5.32 Å². The Morgan fingerprint density at radius 3 is 2.40 bits per heavy atom. The summed E-state index contributed by atoms with van der Waals surface area (Å²) in [5, 5.41) is 1.71. The van der Waals surface area contributed by atoms with E-state index in [4.69, 9.17) is 0 Å². The molecular formula is C10H6FNO2S. The summed E-state index contributed by atoms with van der Waals surface area (Å²) in [6.07, 6.45) is 1.51. The lowest BCUT2D eigenvalue weighted by Gasteiger charge is -1.95. The van der Waals surface area contributed by atoms with Gasteiger partial charge in [0.15, 0.2) is 0 Å². The molecule has 1 aliphatic heterocycles. The van der Waals surface area contributed by atoms with E-state index in [1.807, 2.05) is 0 Å². The van der Waals surface area contributed by atoms with E-state index in [2.05, 4.69) is 5.32 Å². The molecule has 1 aliphatic rings. The number of thioether (sulfide) groups is 1. The predicted molar refractivity (Wildman–Crippen MR) is 55.5 cm³/mol. The first-order valence-electron chi connectivity index (χ1n) is 4.15. The van der Waals surface area contributed by atoms with Crippen molar-refractivity contribution < 1.29 is 14.0 Å². The number of carbonyl (C=O) groups excluding carboxylic acids is 2. The average Bonchev–Trinajstić information content (AvgIpc) is 2.49. The first-order valence-corrected chi connectivity index (χ1v) is 4.97. The van der Waals surface area contributed by atoms with Gasteiger partial charge in [0.25, 0.3) is 5.24 Å². The molecule has 76 valence electrons. The number of rotatable bonds is 1. The van der Waals surface area contributed by atoms with Crippen molar-refractivity contribution in [3.63, 3.8) is 0 Å². The second-order valence-electron chi connectivity index (χ2n) is 2.91. The molecule has 1 N–H and O–H groups in total. The van der Waals surface area contributed by atoms with Crippen molar-refractivity contribution in [2.24, 2.45) is 0 Å². The van der Waals surface area contributed by atoms with E-state index in [9.17, 15) is 14.0 Å². The third-order valence-corrected chi connectivity index (χ3v) is 2.52. The van der Waals surface area contributed by atoms with Gasteiger partial charge in [-0.05, 0) is 23.8 Å². The maximum Gasteiger partial charge on any atom is 0.291 e. The van der Waals surface area contributed by atoms with Crippen LogP contribution in [0.3, 0.4) is 0 Å². The van der Waals surface area contributed by atoms with Crippen molar-refractivity contribution in [3.8, 4) is 0 Å². The molecule has 3 nitrogen and oxygen atoms in total. The first kappa shape index (κ1) is 9.92. The van der Waals surface area contributed by atoms with Crippen LogP contribution in [0.5, 0.6) is 0 Å². The maximum absolute atomic E-state index is 12.6. The molecule has 1 aromatic carbocycles. The molecule has 0 spiro atoms. The van der Waals surface area contributed by atoms with E-state index in [0.29, 0.717) is 17.3 Å². The zero-order valence-corrected chi connectivity index (χ0v) is 8.31. The Hall–Kier alpha value is -1.62. The molecule has 1 fully saturated rings. The van der Waals surface area contributed by atoms with Gasteiger partial charge in [0.1, 0.15) is 5.82 Å². The fraction of sp³-hybridized carbons (Fsp3) is 0. The van der Waals surface area contributed by atoms with Crippen LogP contribution in [0.4, 0.5) is 9.18 Å². The molecule has 0 radical (unpaired) electrons. The SMILES string of the molecule is O=C1NC(=Cc2ccc(F)cc2)C(=O)S1. The molecule has 15 heavy (non-hydrogen) atoms. The molecule has 1 amide bonds. The minimum atomic E-state index is -0.381. The zero-order valence-electron chi connectivity index (χ0n) is 7.49. The first-order chi connectivity index (χ1) is 7.15. The number of amides is 1. The topological polar surface area (TPSA) is 46.2 Å². The molecule has 2 rings (SSSR count). The molecule has 0 saturated carbocycles. The molecule has 5 heteroatoms. The third-order valence-electron chi connectivity index (χ3n) is 1.82. The highest BCUT2D eigenvalue weighted by Gasteiger charge is 2.24. The van der Waals surface area contributed by atoms with Gasteiger partial charge in [-0.2, -0.15) is 0 Å². The quantitative estimate of drug-likeness (QED) is 0.742. The molecular weight excluding hydrogens is 217 g/mol. The van der Waals surface area contributed by atoms with Crippen LogP contribution in [-0.4, -0.2) is 10.4 Å². The molecule has 0 atom stereocenters. The van der Waals surface area contributed by atoms with Gasteiger partial charge >= 0.3 is 0 Å². The standard InChI is InChI=1S/C10H6FNO2S/c11-7-3-1-6(2-4-7)5-8-9(13)15-10(14)12-8/h1-5H,(H,12,14). The summed E-state index contributed by atoms with van der Waals surface area (Å²) >= 11 is 0.620. The minimum Gasteiger partial charge on any atom is -0.313 e. The second-order valence-corrected chi connectivity index (χ2v) is 3.86. The van der Waals surface area contributed by atoms with Crippen LogP contribution in [0.15, 0.2) is 30.0 Å². The molecule has 0 bridgehead atoms. The van der Waals surface area contributed by atoms with E-state index in [1.54, 1.807) is 0 Å². The molecule has 1 saturated heterocycles. The van der Waals surface area contributed by atoms with Crippen molar-refractivity contribution in [1.82, 2.24) is 5.32 Å². The van der Waals surface area contributed by atoms with Crippen LogP contribution in [0.1, 0.15) is 5.56 Å². The highest BCUT2D eigenvalue weighted by Crippen LogP contribution is 2.20. The Kier molecular flexibility index (Phi) is 2.55. The molecule has 1 aromatic rings. The van der Waals surface area contributed by atoms with Gasteiger partial charge in [-0.1, -0.05) is 12.1 Å². The fourth-order valence-electron chi connectivity index (χ4n) is 1.15. The predicted octanol–water partition coefficient (Wildman–Crippen LogP) is 2.15. The summed E-state index contributed by atoms with van der Waals surface area (Å²) in [6.45, 7) is 0. The highest BCUT2D eigenvalue weighted by molar-refractivity contribution is 8.27. The summed E-state index contributed by atoms with van der Waals surface area (Å²) in [7, 11) is 0. The monoisotopic (exact) mass is 223 g/mol. The number of nitrogens with one attached hydrogen (secondary N) is 1. The Morgan fingerprint density at radius 1 is 1.20 bits per heavy atom. The normalized spacial score (nSPS) is 18.3. The molecule has 0 aromatic heterocycles. The van der Waals surface area contributed by atoms with Gasteiger partial charge in [-0.15, -0.1) is 0 Å². The lowest BCUT2D eigenvalue weighted by Crippen LogP contribution is -2.10. The van der Waals surface area contributed by atoms with Crippen LogP contribution in [-0.2, 0) is 4.79 Å². The Balaban J connectivity index is 2.27. The van der Waals surface area contributed by atoms with Crippen molar-refractivity contribution in [3.05, 3.63) is 41.3 Å². The van der Waals surface area contributed by atoms with E-state index >= 15 is 0 Å². The number of halogens is 1. The van der Waals surface area contributed by atoms with Crippen molar-refractivity contribution in [1.29, 1.82) is 0 Å². The number of hydrogen-bond donors (Lipinski definition) is 1. The van der Waals surface area contributed by atoms with Crippen LogP contribution in [0.25, 0.3) is 6.08 Å². The van der Waals surface area contributed by atoms with Crippen LogP contribution in [0, 0.1) is 5.82 Å². The third kappa shape index (κ3) is 2.24. The van der Waals surface area contributed by atoms with Gasteiger partial charge in [-0.3, -0.25) is 9.59 Å². The molecule has 0 aliphatic carbocycles. The summed E-state index contributed by atoms with van der Waals surface area (Å²) in [5.74, 6) is -0.340. The van der Waals surface area contributed by atoms with Crippen molar-refractivity contribution in [2.45, 2.75) is 0 Å². The summed E-state index contributed by atoms with van der Waals surface area (Å²) < 4.78 is 12.6. The van der Waals surface area contributed by atoms with Gasteiger partial charge in [-0.25, -0.2) is 4.39 Å². The highest BCUT2D eigenvalue weighted by atomic mass is 32.2. The van der Waals surface area contributed by atoms with E-state index in [1.165, 1.54) is 30.3 Å². The summed E-state index contributed by atoms with van der Waals surface area (Å²) in [4.78, 5) is 22.0. The summed E-state index contributed by atoms with van der Waals surface area (Å²) in [6, 6.07) is 5.65. The lowest BCUT2D eigenvalue weighted by atomic mass is 10.2. The van der Waals surface area contributed by atoms with Gasteiger partial charge < -0.3 is 5.32 Å². The minimum absolute atomic E-state index is 0.233. The maximum atomic E-state index is 12.6. The average molecular weight is 223 g/mol. The fourth-order valence-corrected chi connectivity index (χ4v) is 1.70. The Bertz CT molecular complexity index is 453. The second kappa shape index (κ2) is 3.86. The zero-order chi connectivity index (χ0) is 10.8. The number of benzene rings is 1. The number of hydrogen-bond acceptors (Lipinski definition) is 3. The van der Waals surface area contributed by atoms with Gasteiger partial charge in [0.05, 0.1) is 5.70 Å². The molecule has 0 unspecified atom stereocenters. The van der Waals surface area contributed by atoms with E-state index in [0.717, 1.165) is 0 Å². The summed E-state index contributed by atoms with van der Waals surface area (Å²) in [5.41, 5.74) is 0.902. The van der Waals surface area contributed by atoms with Crippen LogP contribution >= 0.6 is 11.8 Å². The van der Waals surface area contributed by atoms with Gasteiger partial charge in [0, 0.05) is 11.8 Å². The van der Waals surface area contributed by atoms with Gasteiger partial charge in [0.2, 0.25) is 5.12 Å². The van der Waals surface area contributed by atoms with Crippen molar-refractivity contribution in [2.75, 3.05) is 0 Å². The smallest absolute Gasteiger partial charge is 0.291 e. The number of carbonyl (C=O) groups is 2. The van der Waals surface area contributed by atoms with Crippen molar-refractivity contribution >= 4 is 28.2 Å².